The Morgan fingerprint density at radius 1 is 1.27 bits per heavy atom. The van der Waals surface area contributed by atoms with E-state index in [2.05, 4.69) is 4.99 Å². The normalized spacial score (nSPS) is 11.5. The van der Waals surface area contributed by atoms with Gasteiger partial charge < -0.3 is 14.1 Å². The van der Waals surface area contributed by atoms with Gasteiger partial charge >= 0.3 is 0 Å². The Hall–Kier alpha value is -2.89. The molecule has 2 rings (SSSR count). The lowest BCUT2D eigenvalue weighted by molar-refractivity contribution is -0.126. The summed E-state index contributed by atoms with van der Waals surface area (Å²) < 4.78 is 10.7. The molecule has 1 amide bonds. The lowest BCUT2D eigenvalue weighted by Crippen LogP contribution is -2.41. The number of rotatable bonds is 8. The van der Waals surface area contributed by atoms with Crippen LogP contribution in [-0.4, -0.2) is 42.4 Å². The van der Waals surface area contributed by atoms with Gasteiger partial charge in [-0.15, -0.1) is 0 Å². The highest BCUT2D eigenvalue weighted by Crippen LogP contribution is 2.21. The molecule has 138 valence electrons. The number of methoxy groups -OCH3 is 1. The van der Waals surface area contributed by atoms with Crippen LogP contribution in [0, 0.1) is 5.41 Å². The van der Waals surface area contributed by atoms with Crippen LogP contribution < -0.4 is 4.74 Å². The van der Waals surface area contributed by atoms with Gasteiger partial charge in [-0.05, 0) is 32.0 Å². The number of nitrogens with zero attached hydrogens (tertiary/aromatic N) is 2. The minimum atomic E-state index is -0.321. The molecule has 0 aliphatic rings. The first kappa shape index (κ1) is 19.4. The van der Waals surface area contributed by atoms with E-state index in [1.165, 1.54) is 0 Å². The highest BCUT2D eigenvalue weighted by atomic mass is 16.5. The van der Waals surface area contributed by atoms with Gasteiger partial charge in [-0.1, -0.05) is 18.2 Å². The van der Waals surface area contributed by atoms with Crippen molar-refractivity contribution in [2.24, 2.45) is 4.99 Å². The Bertz CT molecular complexity index is 779. The predicted octanol–water partition coefficient (Wildman–Crippen LogP) is 3.55. The maximum atomic E-state index is 12.9. The Morgan fingerprint density at radius 2 is 2.00 bits per heavy atom. The zero-order valence-corrected chi connectivity index (χ0v) is 15.7. The van der Waals surface area contributed by atoms with Crippen molar-refractivity contribution in [1.82, 2.24) is 4.90 Å². The van der Waals surface area contributed by atoms with Crippen LogP contribution in [0.15, 0.2) is 52.1 Å². The number of carbonyl (C=O) groups is 1. The van der Waals surface area contributed by atoms with Crippen LogP contribution in [-0.2, 0) is 11.3 Å². The van der Waals surface area contributed by atoms with Crippen molar-refractivity contribution in [3.05, 3.63) is 54.0 Å². The first-order valence-corrected chi connectivity index (χ1v) is 8.47. The number of benzene rings is 1. The van der Waals surface area contributed by atoms with Crippen LogP contribution in [0.2, 0.25) is 0 Å². The van der Waals surface area contributed by atoms with Crippen molar-refractivity contribution in [3.63, 3.8) is 0 Å². The van der Waals surface area contributed by atoms with Gasteiger partial charge in [0.15, 0.2) is 0 Å². The van der Waals surface area contributed by atoms with Gasteiger partial charge in [-0.25, -0.2) is 0 Å². The van der Waals surface area contributed by atoms with E-state index >= 15 is 0 Å². The number of hydrogen-bond acceptors (Lipinski definition) is 5. The Kier molecular flexibility index (Phi) is 6.72. The number of ether oxygens (including phenoxy) is 1. The minimum absolute atomic E-state index is 0.0226. The second-order valence-electron chi connectivity index (χ2n) is 6.14. The van der Waals surface area contributed by atoms with Gasteiger partial charge in [0.1, 0.15) is 17.2 Å². The second kappa shape index (κ2) is 8.99. The molecule has 0 saturated heterocycles. The van der Waals surface area contributed by atoms with E-state index in [1.807, 2.05) is 38.1 Å². The van der Waals surface area contributed by atoms with Crippen molar-refractivity contribution >= 4 is 17.3 Å². The first-order valence-electron chi connectivity index (χ1n) is 8.47. The molecule has 0 atom stereocenters. The highest BCUT2D eigenvalue weighted by molar-refractivity contribution is 6.41. The van der Waals surface area contributed by atoms with Gasteiger partial charge in [0, 0.05) is 31.6 Å². The molecule has 1 aromatic carbocycles. The molecule has 6 nitrogen and oxygen atoms in total. The summed E-state index contributed by atoms with van der Waals surface area (Å²) in [6.07, 6.45) is 1.67. The molecule has 1 aromatic heterocycles. The summed E-state index contributed by atoms with van der Waals surface area (Å²) in [5, 5.41) is 8.27. The maximum Gasteiger partial charge on any atom is 0.268 e. The predicted molar refractivity (Wildman–Crippen MR) is 102 cm³/mol. The van der Waals surface area contributed by atoms with Gasteiger partial charge in [-0.2, -0.15) is 0 Å². The molecular weight excluding hydrogens is 330 g/mol. The molecule has 1 heterocycles. The van der Waals surface area contributed by atoms with E-state index in [0.717, 1.165) is 11.3 Å². The number of hydrogen-bond donors (Lipinski definition) is 1. The third-order valence-electron chi connectivity index (χ3n) is 4.10. The van der Waals surface area contributed by atoms with Crippen LogP contribution in [0.3, 0.4) is 0 Å². The van der Waals surface area contributed by atoms with Gasteiger partial charge in [0.05, 0.1) is 19.1 Å². The molecule has 26 heavy (non-hydrogen) atoms. The van der Waals surface area contributed by atoms with Crippen LogP contribution in [0.1, 0.15) is 31.6 Å². The van der Waals surface area contributed by atoms with Crippen LogP contribution in [0.5, 0.6) is 5.75 Å². The highest BCUT2D eigenvalue weighted by Gasteiger charge is 2.24. The standard InChI is InChI=1S/C20H25N3O3/c1-14(2)23(13-15-8-5-6-9-18(15)25-4)20(24)16(21)12-17(22-3)19-10-7-11-26-19/h5-11,14,21H,12-13H2,1-4H3. The lowest BCUT2D eigenvalue weighted by atomic mass is 10.1. The van der Waals surface area contributed by atoms with Gasteiger partial charge in [0.2, 0.25) is 0 Å². The Balaban J connectivity index is 2.16. The fourth-order valence-electron chi connectivity index (χ4n) is 2.64. The summed E-state index contributed by atoms with van der Waals surface area (Å²) in [4.78, 5) is 18.7. The number of carbonyl (C=O) groups excluding carboxylic acids is 1. The third-order valence-corrected chi connectivity index (χ3v) is 4.10. The van der Waals surface area contributed by atoms with Crippen molar-refractivity contribution in [2.75, 3.05) is 14.2 Å². The van der Waals surface area contributed by atoms with E-state index in [1.54, 1.807) is 37.5 Å². The van der Waals surface area contributed by atoms with Crippen LogP contribution >= 0.6 is 0 Å². The second-order valence-corrected chi connectivity index (χ2v) is 6.14. The molecule has 0 bridgehead atoms. The van der Waals surface area contributed by atoms with Gasteiger partial charge in [-0.3, -0.25) is 15.2 Å². The number of aliphatic imine (C=N–C) groups is 1. The summed E-state index contributed by atoms with van der Waals surface area (Å²) in [5.74, 6) is 0.980. The third kappa shape index (κ3) is 4.59. The van der Waals surface area contributed by atoms with Crippen LogP contribution in [0.25, 0.3) is 0 Å². The smallest absolute Gasteiger partial charge is 0.268 e. The lowest BCUT2D eigenvalue weighted by Gasteiger charge is -2.27. The van der Waals surface area contributed by atoms with E-state index in [4.69, 9.17) is 14.6 Å². The topological polar surface area (TPSA) is 78.9 Å². The average Bonchev–Trinajstić information content (AvgIpc) is 3.17. The number of para-hydroxylation sites is 1. The Labute approximate surface area is 154 Å². The summed E-state index contributed by atoms with van der Waals surface area (Å²) in [6, 6.07) is 11.1. The molecule has 0 aliphatic heterocycles. The SMILES string of the molecule is CN=C(CC(=N)C(=O)N(Cc1ccccc1OC)C(C)C)c1ccco1. The maximum absolute atomic E-state index is 12.9. The minimum Gasteiger partial charge on any atom is -0.496 e. The monoisotopic (exact) mass is 355 g/mol. The fourth-order valence-corrected chi connectivity index (χ4v) is 2.64. The van der Waals surface area contributed by atoms with Gasteiger partial charge in [0.25, 0.3) is 5.91 Å². The van der Waals surface area contributed by atoms with Crippen molar-refractivity contribution in [1.29, 1.82) is 5.41 Å². The zero-order valence-electron chi connectivity index (χ0n) is 15.7. The molecule has 0 saturated carbocycles. The van der Waals surface area contributed by atoms with E-state index in [-0.39, 0.29) is 24.1 Å². The number of nitrogens with one attached hydrogen (secondary N) is 1. The molecule has 2 aromatic rings. The summed E-state index contributed by atoms with van der Waals surface area (Å²) in [5.41, 5.74) is 1.46. The summed E-state index contributed by atoms with van der Waals surface area (Å²) in [7, 11) is 3.24. The molecular formula is C20H25N3O3. The summed E-state index contributed by atoms with van der Waals surface area (Å²) >= 11 is 0. The van der Waals surface area contributed by atoms with E-state index in [0.29, 0.717) is 18.0 Å². The molecule has 0 spiro atoms. The van der Waals surface area contributed by atoms with Crippen LogP contribution in [0.4, 0.5) is 0 Å². The Morgan fingerprint density at radius 3 is 2.58 bits per heavy atom. The molecule has 0 aliphatic carbocycles. The quantitative estimate of drug-likeness (QED) is 0.736. The first-order chi connectivity index (χ1) is 12.5. The molecule has 0 radical (unpaired) electrons. The van der Waals surface area contributed by atoms with Crippen molar-refractivity contribution < 1.29 is 13.9 Å². The van der Waals surface area contributed by atoms with E-state index < -0.39 is 0 Å². The summed E-state index contributed by atoms with van der Waals surface area (Å²) in [6.45, 7) is 4.24. The molecule has 1 N–H and O–H groups in total. The van der Waals surface area contributed by atoms with Crippen molar-refractivity contribution in [3.8, 4) is 5.75 Å². The average molecular weight is 355 g/mol. The molecule has 0 unspecified atom stereocenters. The number of furan rings is 1. The zero-order chi connectivity index (χ0) is 19.1. The van der Waals surface area contributed by atoms with E-state index in [9.17, 15) is 4.79 Å². The number of amides is 1. The largest absolute Gasteiger partial charge is 0.496 e. The fraction of sp³-hybridized carbons (Fsp3) is 0.350. The molecule has 6 heteroatoms. The molecule has 0 fully saturated rings. The van der Waals surface area contributed by atoms with Crippen molar-refractivity contribution in [2.45, 2.75) is 32.9 Å².